The number of esters is 1. The predicted molar refractivity (Wildman–Crippen MR) is 119 cm³/mol. The molecule has 29 heavy (non-hydrogen) atoms. The van der Waals surface area contributed by atoms with Gasteiger partial charge in [-0.3, -0.25) is 4.79 Å². The van der Waals surface area contributed by atoms with Crippen molar-refractivity contribution in [2.75, 3.05) is 13.7 Å². The second-order valence-corrected chi connectivity index (χ2v) is 9.60. The zero-order valence-electron chi connectivity index (χ0n) is 19.1. The molecule has 0 amide bonds. The second kappa shape index (κ2) is 11.0. The summed E-state index contributed by atoms with van der Waals surface area (Å²) in [6.45, 7) is 9.37. The molecule has 0 bridgehead atoms. The molecular formula is C25H41NO3. The Balaban J connectivity index is 2.34. The van der Waals surface area contributed by atoms with E-state index in [0.717, 1.165) is 43.4 Å². The standard InChI is InChI=1S/C25H41NO3/c1-18(2)13-20(17-26)15-24(27)29-25(22-10-8-11-23(16-22)28-5)12-7-6-9-21(25)14-19(3)4/h8,10-11,16,18-21H,6-7,9,12-15,17,26H2,1-5H3. The SMILES string of the molecule is COc1cccc(C2(OC(=O)CC(CN)CC(C)C)CCCCC2CC(C)C)c1. The van der Waals surface area contributed by atoms with Crippen molar-refractivity contribution in [3.05, 3.63) is 29.8 Å². The average molecular weight is 404 g/mol. The van der Waals surface area contributed by atoms with Crippen molar-refractivity contribution in [3.8, 4) is 5.75 Å². The molecule has 1 saturated carbocycles. The van der Waals surface area contributed by atoms with Gasteiger partial charge in [-0.15, -0.1) is 0 Å². The third-order valence-corrected chi connectivity index (χ3v) is 6.21. The first-order valence-corrected chi connectivity index (χ1v) is 11.4. The molecule has 1 aliphatic carbocycles. The molecule has 4 heteroatoms. The smallest absolute Gasteiger partial charge is 0.307 e. The van der Waals surface area contributed by atoms with Gasteiger partial charge in [0.25, 0.3) is 0 Å². The van der Waals surface area contributed by atoms with E-state index in [9.17, 15) is 4.79 Å². The summed E-state index contributed by atoms with van der Waals surface area (Å²) in [5.41, 5.74) is 6.46. The summed E-state index contributed by atoms with van der Waals surface area (Å²) in [5.74, 6) is 2.28. The Labute approximate surface area is 177 Å². The van der Waals surface area contributed by atoms with E-state index < -0.39 is 5.60 Å². The van der Waals surface area contributed by atoms with Crippen LogP contribution >= 0.6 is 0 Å². The lowest BCUT2D eigenvalue weighted by atomic mass is 9.68. The van der Waals surface area contributed by atoms with Gasteiger partial charge in [0.2, 0.25) is 0 Å². The molecule has 1 aliphatic rings. The summed E-state index contributed by atoms with van der Waals surface area (Å²) in [7, 11) is 1.68. The summed E-state index contributed by atoms with van der Waals surface area (Å²) in [6, 6.07) is 8.11. The highest BCUT2D eigenvalue weighted by Crippen LogP contribution is 2.48. The number of nitrogens with two attached hydrogens (primary N) is 1. The van der Waals surface area contributed by atoms with Crippen LogP contribution in [-0.4, -0.2) is 19.6 Å². The van der Waals surface area contributed by atoms with E-state index in [1.54, 1.807) is 7.11 Å². The molecule has 164 valence electrons. The summed E-state index contributed by atoms with van der Waals surface area (Å²) in [4.78, 5) is 13.1. The third kappa shape index (κ3) is 6.47. The molecule has 0 aliphatic heterocycles. The number of hydrogen-bond donors (Lipinski definition) is 1. The van der Waals surface area contributed by atoms with Gasteiger partial charge in [0.15, 0.2) is 0 Å². The van der Waals surface area contributed by atoms with Crippen LogP contribution in [0, 0.1) is 23.7 Å². The van der Waals surface area contributed by atoms with Gasteiger partial charge in [0, 0.05) is 12.3 Å². The Kier molecular flexibility index (Phi) is 9.01. The lowest BCUT2D eigenvalue weighted by molar-refractivity contribution is -0.176. The van der Waals surface area contributed by atoms with Gasteiger partial charge in [-0.1, -0.05) is 46.2 Å². The first-order chi connectivity index (χ1) is 13.8. The normalized spacial score (nSPS) is 23.2. The monoisotopic (exact) mass is 403 g/mol. The van der Waals surface area contributed by atoms with E-state index in [1.165, 1.54) is 6.42 Å². The van der Waals surface area contributed by atoms with Crippen LogP contribution in [0.3, 0.4) is 0 Å². The minimum Gasteiger partial charge on any atom is -0.497 e. The van der Waals surface area contributed by atoms with Crippen molar-refractivity contribution in [3.63, 3.8) is 0 Å². The maximum atomic E-state index is 13.1. The van der Waals surface area contributed by atoms with Crippen molar-refractivity contribution in [1.29, 1.82) is 0 Å². The fraction of sp³-hybridized carbons (Fsp3) is 0.720. The van der Waals surface area contributed by atoms with E-state index in [-0.39, 0.29) is 11.9 Å². The molecule has 0 saturated heterocycles. The molecule has 0 radical (unpaired) electrons. The van der Waals surface area contributed by atoms with Crippen LogP contribution in [0.5, 0.6) is 5.75 Å². The molecule has 1 aromatic rings. The van der Waals surface area contributed by atoms with Gasteiger partial charge in [0.05, 0.1) is 7.11 Å². The second-order valence-electron chi connectivity index (χ2n) is 9.60. The number of hydrogen-bond acceptors (Lipinski definition) is 4. The maximum Gasteiger partial charge on any atom is 0.307 e. The van der Waals surface area contributed by atoms with Crippen molar-refractivity contribution in [2.24, 2.45) is 29.4 Å². The lowest BCUT2D eigenvalue weighted by Crippen LogP contribution is -2.43. The van der Waals surface area contributed by atoms with Crippen LogP contribution in [0.15, 0.2) is 24.3 Å². The molecule has 0 spiro atoms. The Hall–Kier alpha value is -1.55. The van der Waals surface area contributed by atoms with Crippen molar-refractivity contribution in [1.82, 2.24) is 0 Å². The topological polar surface area (TPSA) is 61.5 Å². The highest BCUT2D eigenvalue weighted by molar-refractivity contribution is 5.70. The molecule has 0 aromatic heterocycles. The molecular weight excluding hydrogens is 362 g/mol. The molecule has 1 aromatic carbocycles. The number of carbonyl (C=O) groups is 1. The maximum absolute atomic E-state index is 13.1. The Morgan fingerprint density at radius 1 is 1.21 bits per heavy atom. The largest absolute Gasteiger partial charge is 0.497 e. The van der Waals surface area contributed by atoms with Crippen LogP contribution in [0.2, 0.25) is 0 Å². The Morgan fingerprint density at radius 3 is 2.59 bits per heavy atom. The fourth-order valence-corrected chi connectivity index (χ4v) is 4.96. The molecule has 0 heterocycles. The van der Waals surface area contributed by atoms with Gasteiger partial charge in [-0.2, -0.15) is 0 Å². The summed E-state index contributed by atoms with van der Waals surface area (Å²) < 4.78 is 11.9. The number of methoxy groups -OCH3 is 1. The molecule has 3 unspecified atom stereocenters. The van der Waals surface area contributed by atoms with Crippen molar-refractivity contribution < 1.29 is 14.3 Å². The van der Waals surface area contributed by atoms with E-state index in [4.69, 9.17) is 15.2 Å². The van der Waals surface area contributed by atoms with E-state index in [2.05, 4.69) is 39.8 Å². The fourth-order valence-electron chi connectivity index (χ4n) is 4.96. The molecule has 2 rings (SSSR count). The summed E-state index contributed by atoms with van der Waals surface area (Å²) >= 11 is 0. The van der Waals surface area contributed by atoms with Crippen molar-refractivity contribution >= 4 is 5.97 Å². The zero-order valence-corrected chi connectivity index (χ0v) is 19.1. The Morgan fingerprint density at radius 2 is 1.97 bits per heavy atom. The van der Waals surface area contributed by atoms with Crippen LogP contribution < -0.4 is 10.5 Å². The molecule has 4 nitrogen and oxygen atoms in total. The van der Waals surface area contributed by atoms with Crippen LogP contribution in [0.25, 0.3) is 0 Å². The van der Waals surface area contributed by atoms with Crippen LogP contribution in [-0.2, 0) is 15.1 Å². The lowest BCUT2D eigenvalue weighted by Gasteiger charge is -2.45. The van der Waals surface area contributed by atoms with Gasteiger partial charge < -0.3 is 15.2 Å². The average Bonchev–Trinajstić information content (AvgIpc) is 2.68. The van der Waals surface area contributed by atoms with Crippen molar-refractivity contribution in [2.45, 2.75) is 78.2 Å². The number of benzene rings is 1. The highest BCUT2D eigenvalue weighted by Gasteiger charge is 2.46. The quantitative estimate of drug-likeness (QED) is 0.510. The third-order valence-electron chi connectivity index (χ3n) is 6.21. The van der Waals surface area contributed by atoms with Crippen LogP contribution in [0.1, 0.15) is 78.2 Å². The molecule has 3 atom stereocenters. The highest BCUT2D eigenvalue weighted by atomic mass is 16.6. The predicted octanol–water partition coefficient (Wildman–Crippen LogP) is 5.68. The van der Waals surface area contributed by atoms with Gasteiger partial charge in [-0.05, 0) is 74.1 Å². The summed E-state index contributed by atoms with van der Waals surface area (Å²) in [5, 5.41) is 0. The van der Waals surface area contributed by atoms with E-state index >= 15 is 0 Å². The minimum absolute atomic E-state index is 0.112. The van der Waals surface area contributed by atoms with Gasteiger partial charge in [0.1, 0.15) is 11.4 Å². The first-order valence-electron chi connectivity index (χ1n) is 11.4. The van der Waals surface area contributed by atoms with Crippen LogP contribution in [0.4, 0.5) is 0 Å². The molecule has 2 N–H and O–H groups in total. The van der Waals surface area contributed by atoms with E-state index in [1.807, 2.05) is 12.1 Å². The first kappa shape index (κ1) is 23.7. The van der Waals surface area contributed by atoms with Gasteiger partial charge >= 0.3 is 5.97 Å². The molecule has 1 fully saturated rings. The summed E-state index contributed by atoms with van der Waals surface area (Å²) in [6.07, 6.45) is 6.64. The number of carbonyl (C=O) groups excluding carboxylic acids is 1. The van der Waals surface area contributed by atoms with Gasteiger partial charge in [-0.25, -0.2) is 0 Å². The Bertz CT molecular complexity index is 643. The minimum atomic E-state index is -0.564. The number of rotatable bonds is 10. The number of ether oxygens (including phenoxy) is 2. The zero-order chi connectivity index (χ0) is 21.4. The van der Waals surface area contributed by atoms with E-state index in [0.29, 0.717) is 30.7 Å².